The van der Waals surface area contributed by atoms with E-state index in [0.29, 0.717) is 16.6 Å². The molecule has 0 aliphatic heterocycles. The molecule has 0 unspecified atom stereocenters. The summed E-state index contributed by atoms with van der Waals surface area (Å²) >= 11 is 1.40. The van der Waals surface area contributed by atoms with Crippen molar-refractivity contribution in [2.24, 2.45) is 0 Å². The maximum atomic E-state index is 11.9. The minimum Gasteiger partial charge on any atom is -0.493 e. The molecule has 1 heterocycles. The highest BCUT2D eigenvalue weighted by Gasteiger charge is 2.07. The number of benzene rings is 1. The van der Waals surface area contributed by atoms with Crippen LogP contribution in [0.3, 0.4) is 0 Å². The zero-order valence-electron chi connectivity index (χ0n) is 13.6. The van der Waals surface area contributed by atoms with Gasteiger partial charge in [0.25, 0.3) is 0 Å². The average Bonchev–Trinajstić information content (AvgIpc) is 2.90. The molecular weight excluding hydrogens is 312 g/mol. The Balaban J connectivity index is 2.05. The van der Waals surface area contributed by atoms with Gasteiger partial charge in [-0.1, -0.05) is 6.07 Å². The van der Waals surface area contributed by atoms with Crippen molar-refractivity contribution < 1.29 is 14.3 Å². The molecule has 0 aliphatic carbocycles. The highest BCUT2D eigenvalue weighted by Crippen LogP contribution is 2.29. The number of nitrogens with one attached hydrogen (secondary N) is 1. The quantitative estimate of drug-likeness (QED) is 0.815. The number of carbonyl (C=O) groups excluding carboxylic acids is 1. The van der Waals surface area contributed by atoms with Crippen LogP contribution in [0.1, 0.15) is 25.1 Å². The van der Waals surface area contributed by atoms with Crippen LogP contribution in [0.2, 0.25) is 0 Å². The SMILES string of the molecule is COc1cc(/C=C/C(=O)Nc2nc(C)cs2)ccc1OC(C)C. The van der Waals surface area contributed by atoms with Gasteiger partial charge < -0.3 is 9.47 Å². The van der Waals surface area contributed by atoms with E-state index in [4.69, 9.17) is 9.47 Å². The number of ether oxygens (including phenoxy) is 2. The van der Waals surface area contributed by atoms with Crippen molar-refractivity contribution in [3.8, 4) is 11.5 Å². The monoisotopic (exact) mass is 332 g/mol. The van der Waals surface area contributed by atoms with Gasteiger partial charge in [0.2, 0.25) is 5.91 Å². The van der Waals surface area contributed by atoms with Crippen molar-refractivity contribution in [1.82, 2.24) is 4.98 Å². The van der Waals surface area contributed by atoms with E-state index in [1.54, 1.807) is 13.2 Å². The largest absolute Gasteiger partial charge is 0.493 e. The lowest BCUT2D eigenvalue weighted by atomic mass is 10.2. The number of methoxy groups -OCH3 is 1. The number of carbonyl (C=O) groups is 1. The predicted molar refractivity (Wildman–Crippen MR) is 93.3 cm³/mol. The second-order valence-corrected chi connectivity index (χ2v) is 6.05. The molecule has 2 aromatic rings. The first-order valence-corrected chi connectivity index (χ1v) is 8.12. The Hall–Kier alpha value is -2.34. The van der Waals surface area contributed by atoms with E-state index in [0.717, 1.165) is 11.3 Å². The lowest BCUT2D eigenvalue weighted by Crippen LogP contribution is -2.07. The predicted octanol–water partition coefficient (Wildman–Crippen LogP) is 3.90. The van der Waals surface area contributed by atoms with Gasteiger partial charge in [0.1, 0.15) is 0 Å². The molecule has 0 saturated heterocycles. The summed E-state index contributed by atoms with van der Waals surface area (Å²) in [6.45, 7) is 5.80. The first-order chi connectivity index (χ1) is 11.0. The highest BCUT2D eigenvalue weighted by molar-refractivity contribution is 7.13. The van der Waals surface area contributed by atoms with Crippen molar-refractivity contribution in [1.29, 1.82) is 0 Å². The van der Waals surface area contributed by atoms with Crippen LogP contribution in [0, 0.1) is 6.92 Å². The Kier molecular flexibility index (Phi) is 5.76. The van der Waals surface area contributed by atoms with Gasteiger partial charge in [-0.05, 0) is 44.5 Å². The number of aromatic nitrogens is 1. The molecule has 1 aromatic carbocycles. The van der Waals surface area contributed by atoms with Crippen LogP contribution in [0.4, 0.5) is 5.13 Å². The van der Waals surface area contributed by atoms with Gasteiger partial charge in [-0.2, -0.15) is 0 Å². The van der Waals surface area contributed by atoms with E-state index in [-0.39, 0.29) is 12.0 Å². The summed E-state index contributed by atoms with van der Waals surface area (Å²) < 4.78 is 11.0. The lowest BCUT2D eigenvalue weighted by molar-refractivity contribution is -0.111. The third-order valence-corrected chi connectivity index (χ3v) is 3.70. The van der Waals surface area contributed by atoms with E-state index in [9.17, 15) is 4.79 Å². The fourth-order valence-corrected chi connectivity index (χ4v) is 2.56. The molecule has 122 valence electrons. The van der Waals surface area contributed by atoms with E-state index >= 15 is 0 Å². The molecule has 0 aliphatic rings. The fraction of sp³-hybridized carbons (Fsp3) is 0.294. The molecule has 5 nitrogen and oxygen atoms in total. The van der Waals surface area contributed by atoms with Crippen molar-refractivity contribution in [3.05, 3.63) is 40.9 Å². The first-order valence-electron chi connectivity index (χ1n) is 7.24. The van der Waals surface area contributed by atoms with Gasteiger partial charge in [0.05, 0.1) is 18.9 Å². The molecule has 2 rings (SSSR count). The van der Waals surface area contributed by atoms with Crippen molar-refractivity contribution in [2.75, 3.05) is 12.4 Å². The molecule has 0 fully saturated rings. The fourth-order valence-electron chi connectivity index (χ4n) is 1.87. The van der Waals surface area contributed by atoms with Crippen LogP contribution < -0.4 is 14.8 Å². The number of anilines is 1. The second kappa shape index (κ2) is 7.78. The van der Waals surface area contributed by atoms with Gasteiger partial charge in [0.15, 0.2) is 16.6 Å². The van der Waals surface area contributed by atoms with Crippen molar-refractivity contribution in [2.45, 2.75) is 26.9 Å². The second-order valence-electron chi connectivity index (χ2n) is 5.19. The van der Waals surface area contributed by atoms with Crippen molar-refractivity contribution >= 4 is 28.5 Å². The Morgan fingerprint density at radius 3 is 2.74 bits per heavy atom. The zero-order chi connectivity index (χ0) is 16.8. The Labute approximate surface area is 140 Å². The van der Waals surface area contributed by atoms with Crippen LogP contribution in [-0.2, 0) is 4.79 Å². The standard InChI is InChI=1S/C17H20N2O3S/c1-11(2)22-14-7-5-13(9-15(14)21-4)6-8-16(20)19-17-18-12(3)10-23-17/h5-11H,1-4H3,(H,18,19,20)/b8-6+. The average molecular weight is 332 g/mol. The molecule has 1 N–H and O–H groups in total. The maximum Gasteiger partial charge on any atom is 0.250 e. The van der Waals surface area contributed by atoms with Gasteiger partial charge in [-0.25, -0.2) is 4.98 Å². The third kappa shape index (κ3) is 5.10. The number of amides is 1. The van der Waals surface area contributed by atoms with Gasteiger partial charge >= 0.3 is 0 Å². The van der Waals surface area contributed by atoms with E-state index in [1.807, 2.05) is 44.4 Å². The number of hydrogen-bond acceptors (Lipinski definition) is 5. The Morgan fingerprint density at radius 2 is 2.13 bits per heavy atom. The number of rotatable bonds is 6. The zero-order valence-corrected chi connectivity index (χ0v) is 14.4. The number of thiazole rings is 1. The molecule has 6 heteroatoms. The Morgan fingerprint density at radius 1 is 1.35 bits per heavy atom. The van der Waals surface area contributed by atoms with E-state index in [2.05, 4.69) is 10.3 Å². The summed E-state index contributed by atoms with van der Waals surface area (Å²) in [6, 6.07) is 5.53. The van der Waals surface area contributed by atoms with Crippen LogP contribution in [0.25, 0.3) is 6.08 Å². The molecule has 0 radical (unpaired) electrons. The summed E-state index contributed by atoms with van der Waals surface area (Å²) in [5.74, 6) is 1.10. The van der Waals surface area contributed by atoms with Crippen LogP contribution in [-0.4, -0.2) is 24.1 Å². The van der Waals surface area contributed by atoms with Crippen LogP contribution in [0.15, 0.2) is 29.7 Å². The van der Waals surface area contributed by atoms with E-state index < -0.39 is 0 Å². The molecule has 23 heavy (non-hydrogen) atoms. The minimum absolute atomic E-state index is 0.0674. The molecule has 0 bridgehead atoms. The van der Waals surface area contributed by atoms with Crippen LogP contribution >= 0.6 is 11.3 Å². The number of aryl methyl sites for hydroxylation is 1. The normalized spacial score (nSPS) is 11.0. The third-order valence-electron chi connectivity index (χ3n) is 2.83. The van der Waals surface area contributed by atoms with Crippen molar-refractivity contribution in [3.63, 3.8) is 0 Å². The maximum absolute atomic E-state index is 11.9. The first kappa shape index (κ1) is 17.0. The van der Waals surface area contributed by atoms with Gasteiger partial charge in [0, 0.05) is 11.5 Å². The van der Waals surface area contributed by atoms with Gasteiger partial charge in [-0.3, -0.25) is 10.1 Å². The molecule has 0 atom stereocenters. The summed E-state index contributed by atoms with van der Waals surface area (Å²) in [7, 11) is 1.59. The van der Waals surface area contributed by atoms with E-state index in [1.165, 1.54) is 17.4 Å². The Bertz CT molecular complexity index is 708. The number of hydrogen-bond donors (Lipinski definition) is 1. The number of nitrogens with zero attached hydrogens (tertiary/aromatic N) is 1. The molecule has 1 aromatic heterocycles. The summed E-state index contributed by atoms with van der Waals surface area (Å²) in [5, 5.41) is 5.20. The smallest absolute Gasteiger partial charge is 0.250 e. The summed E-state index contributed by atoms with van der Waals surface area (Å²) in [6.07, 6.45) is 3.25. The summed E-state index contributed by atoms with van der Waals surface area (Å²) in [5.41, 5.74) is 1.74. The molecule has 1 amide bonds. The molecule has 0 saturated carbocycles. The molecular formula is C17H20N2O3S. The van der Waals surface area contributed by atoms with Crippen LogP contribution in [0.5, 0.6) is 11.5 Å². The highest BCUT2D eigenvalue weighted by atomic mass is 32.1. The molecule has 0 spiro atoms. The van der Waals surface area contributed by atoms with Gasteiger partial charge in [-0.15, -0.1) is 11.3 Å². The lowest BCUT2D eigenvalue weighted by Gasteiger charge is -2.13. The topological polar surface area (TPSA) is 60.5 Å². The minimum atomic E-state index is -0.221. The summed E-state index contributed by atoms with van der Waals surface area (Å²) in [4.78, 5) is 16.1.